The van der Waals surface area contributed by atoms with Gasteiger partial charge in [0.25, 0.3) is 0 Å². The van der Waals surface area contributed by atoms with Crippen molar-refractivity contribution in [2.24, 2.45) is 0 Å². The van der Waals surface area contributed by atoms with Gasteiger partial charge >= 0.3 is 5.97 Å². The normalized spacial score (nSPS) is 10.3. The maximum Gasteiger partial charge on any atom is 0.336 e. The fourth-order valence-corrected chi connectivity index (χ4v) is 1.77. The van der Waals surface area contributed by atoms with E-state index < -0.39 is 17.6 Å². The van der Waals surface area contributed by atoms with Crippen LogP contribution < -0.4 is 4.74 Å². The molecule has 1 N–H and O–H groups in total. The fraction of sp³-hybridized carbons (Fsp3) is 0.0714. The van der Waals surface area contributed by atoms with Gasteiger partial charge in [-0.25, -0.2) is 13.6 Å². The number of carboxylic acid groups (broad SMARTS) is 1. The quantitative estimate of drug-likeness (QED) is 0.924. The van der Waals surface area contributed by atoms with Crippen molar-refractivity contribution in [1.29, 1.82) is 0 Å². The van der Waals surface area contributed by atoms with Crippen molar-refractivity contribution in [2.75, 3.05) is 7.11 Å². The van der Waals surface area contributed by atoms with Crippen molar-refractivity contribution in [3.63, 3.8) is 0 Å². The molecule has 0 aromatic heterocycles. The molecule has 3 nitrogen and oxygen atoms in total. The lowest BCUT2D eigenvalue weighted by atomic mass is 9.99. The summed E-state index contributed by atoms with van der Waals surface area (Å²) in [5.41, 5.74) is 0.0945. The number of hydrogen-bond acceptors (Lipinski definition) is 2. The SMILES string of the molecule is COc1ccc(-c2ccc(F)cc2F)c(C(=O)O)c1. The highest BCUT2D eigenvalue weighted by molar-refractivity contribution is 5.96. The second-order valence-electron chi connectivity index (χ2n) is 3.84. The largest absolute Gasteiger partial charge is 0.497 e. The minimum atomic E-state index is -1.21. The molecule has 0 saturated carbocycles. The van der Waals surface area contributed by atoms with E-state index in [1.54, 1.807) is 0 Å². The van der Waals surface area contributed by atoms with E-state index >= 15 is 0 Å². The molecule has 0 unspecified atom stereocenters. The predicted octanol–water partition coefficient (Wildman–Crippen LogP) is 3.34. The van der Waals surface area contributed by atoms with E-state index in [1.165, 1.54) is 31.4 Å². The lowest BCUT2D eigenvalue weighted by Gasteiger charge is -2.09. The van der Waals surface area contributed by atoms with Crippen LogP contribution in [0.4, 0.5) is 8.78 Å². The van der Waals surface area contributed by atoms with Crippen molar-refractivity contribution in [1.82, 2.24) is 0 Å². The van der Waals surface area contributed by atoms with Crippen molar-refractivity contribution >= 4 is 5.97 Å². The topological polar surface area (TPSA) is 46.5 Å². The van der Waals surface area contributed by atoms with E-state index in [-0.39, 0.29) is 16.7 Å². The maximum absolute atomic E-state index is 13.7. The van der Waals surface area contributed by atoms with Crippen LogP contribution in [-0.2, 0) is 0 Å². The van der Waals surface area contributed by atoms with E-state index in [4.69, 9.17) is 9.84 Å². The standard InChI is InChI=1S/C14H10F2O3/c1-19-9-3-5-10(12(7-9)14(17)18)11-4-2-8(15)6-13(11)16/h2-7H,1H3,(H,17,18). The van der Waals surface area contributed by atoms with Gasteiger partial charge in [-0.3, -0.25) is 0 Å². The van der Waals surface area contributed by atoms with Gasteiger partial charge in [-0.15, -0.1) is 0 Å². The number of aromatic carboxylic acids is 1. The van der Waals surface area contributed by atoms with Crippen molar-refractivity contribution in [3.05, 3.63) is 53.6 Å². The molecular weight excluding hydrogens is 254 g/mol. The van der Waals surface area contributed by atoms with Crippen LogP contribution in [0, 0.1) is 11.6 Å². The van der Waals surface area contributed by atoms with E-state index in [0.29, 0.717) is 11.8 Å². The second kappa shape index (κ2) is 5.06. The van der Waals surface area contributed by atoms with Crippen LogP contribution in [0.25, 0.3) is 11.1 Å². The number of halogens is 2. The average Bonchev–Trinajstić information content (AvgIpc) is 2.38. The molecule has 19 heavy (non-hydrogen) atoms. The smallest absolute Gasteiger partial charge is 0.336 e. The maximum atomic E-state index is 13.7. The number of hydrogen-bond donors (Lipinski definition) is 1. The number of methoxy groups -OCH3 is 1. The summed E-state index contributed by atoms with van der Waals surface area (Å²) in [6.07, 6.45) is 0. The number of carboxylic acids is 1. The molecule has 0 heterocycles. The number of rotatable bonds is 3. The first-order valence-corrected chi connectivity index (χ1v) is 5.39. The molecule has 0 bridgehead atoms. The Hall–Kier alpha value is -2.43. The van der Waals surface area contributed by atoms with Gasteiger partial charge in [0, 0.05) is 11.6 Å². The van der Waals surface area contributed by atoms with E-state index in [0.717, 1.165) is 6.07 Å². The molecule has 0 aliphatic heterocycles. The monoisotopic (exact) mass is 264 g/mol. The Morgan fingerprint density at radius 1 is 1.11 bits per heavy atom. The van der Waals surface area contributed by atoms with Crippen LogP contribution in [0.15, 0.2) is 36.4 Å². The molecule has 0 saturated heterocycles. The van der Waals surface area contributed by atoms with Gasteiger partial charge < -0.3 is 9.84 Å². The lowest BCUT2D eigenvalue weighted by molar-refractivity contribution is 0.0697. The van der Waals surface area contributed by atoms with Crippen molar-refractivity contribution < 1.29 is 23.4 Å². The molecule has 0 spiro atoms. The zero-order valence-electron chi connectivity index (χ0n) is 9.98. The second-order valence-corrected chi connectivity index (χ2v) is 3.84. The highest BCUT2D eigenvalue weighted by Gasteiger charge is 2.16. The molecule has 0 fully saturated rings. The third-order valence-electron chi connectivity index (χ3n) is 2.68. The average molecular weight is 264 g/mol. The molecule has 2 rings (SSSR count). The summed E-state index contributed by atoms with van der Waals surface area (Å²) in [7, 11) is 1.40. The Kier molecular flexibility index (Phi) is 3.46. The molecule has 0 aliphatic carbocycles. The molecule has 0 aliphatic rings. The van der Waals surface area contributed by atoms with Gasteiger partial charge in [0.15, 0.2) is 0 Å². The van der Waals surface area contributed by atoms with Gasteiger partial charge in [-0.05, 0) is 35.9 Å². The third-order valence-corrected chi connectivity index (χ3v) is 2.68. The minimum absolute atomic E-state index is 0.0291. The molecular formula is C14H10F2O3. The zero-order chi connectivity index (χ0) is 14.0. The Morgan fingerprint density at radius 3 is 2.37 bits per heavy atom. The van der Waals surface area contributed by atoms with E-state index in [9.17, 15) is 13.6 Å². The Balaban J connectivity index is 2.64. The summed E-state index contributed by atoms with van der Waals surface area (Å²) in [4.78, 5) is 11.2. The first-order valence-electron chi connectivity index (χ1n) is 5.39. The van der Waals surface area contributed by atoms with Crippen LogP contribution in [0.3, 0.4) is 0 Å². The summed E-state index contributed by atoms with van der Waals surface area (Å²) < 4.78 is 31.5. The van der Waals surface area contributed by atoms with Gasteiger partial charge in [0.05, 0.1) is 12.7 Å². The molecule has 98 valence electrons. The van der Waals surface area contributed by atoms with Crippen molar-refractivity contribution in [3.8, 4) is 16.9 Å². The van der Waals surface area contributed by atoms with Gasteiger partial charge in [0.2, 0.25) is 0 Å². The number of benzene rings is 2. The Bertz CT molecular complexity index is 639. The molecule has 0 atom stereocenters. The highest BCUT2D eigenvalue weighted by Crippen LogP contribution is 2.29. The highest BCUT2D eigenvalue weighted by atomic mass is 19.1. The Labute approximate surface area is 108 Å². The zero-order valence-corrected chi connectivity index (χ0v) is 9.98. The first kappa shape index (κ1) is 13.0. The van der Waals surface area contributed by atoms with Crippen LogP contribution >= 0.6 is 0 Å². The van der Waals surface area contributed by atoms with Gasteiger partial charge in [0.1, 0.15) is 17.4 Å². The molecule has 2 aromatic rings. The fourth-order valence-electron chi connectivity index (χ4n) is 1.77. The molecule has 0 radical (unpaired) electrons. The predicted molar refractivity (Wildman–Crippen MR) is 65.3 cm³/mol. The summed E-state index contributed by atoms with van der Waals surface area (Å²) in [6.45, 7) is 0. The van der Waals surface area contributed by atoms with Crippen LogP contribution in [0.5, 0.6) is 5.75 Å². The summed E-state index contributed by atoms with van der Waals surface area (Å²) >= 11 is 0. The number of ether oxygens (including phenoxy) is 1. The molecule has 5 heteroatoms. The van der Waals surface area contributed by atoms with Crippen LogP contribution in [-0.4, -0.2) is 18.2 Å². The minimum Gasteiger partial charge on any atom is -0.497 e. The third kappa shape index (κ3) is 2.54. The van der Waals surface area contributed by atoms with Crippen LogP contribution in [0.1, 0.15) is 10.4 Å². The van der Waals surface area contributed by atoms with Crippen molar-refractivity contribution in [2.45, 2.75) is 0 Å². The number of carbonyl (C=O) groups is 1. The first-order chi connectivity index (χ1) is 9.02. The van der Waals surface area contributed by atoms with E-state index in [1.807, 2.05) is 0 Å². The molecule has 0 amide bonds. The molecule has 2 aromatic carbocycles. The summed E-state index contributed by atoms with van der Waals surface area (Å²) in [6, 6.07) is 7.24. The summed E-state index contributed by atoms with van der Waals surface area (Å²) in [5, 5.41) is 9.14. The van der Waals surface area contributed by atoms with Gasteiger partial charge in [-0.1, -0.05) is 0 Å². The van der Waals surface area contributed by atoms with E-state index in [2.05, 4.69) is 0 Å². The lowest BCUT2D eigenvalue weighted by Crippen LogP contribution is -2.01. The summed E-state index contributed by atoms with van der Waals surface area (Å²) in [5.74, 6) is -2.39. The van der Waals surface area contributed by atoms with Gasteiger partial charge in [-0.2, -0.15) is 0 Å². The van der Waals surface area contributed by atoms with Crippen LogP contribution in [0.2, 0.25) is 0 Å². The Morgan fingerprint density at radius 2 is 1.79 bits per heavy atom.